The summed E-state index contributed by atoms with van der Waals surface area (Å²) in [6, 6.07) is 9.44. The maximum atomic E-state index is 13.1. The Bertz CT molecular complexity index is 650. The summed E-state index contributed by atoms with van der Waals surface area (Å²) in [6.07, 6.45) is -4.45. The molecule has 0 amide bonds. The van der Waals surface area contributed by atoms with Gasteiger partial charge in [-0.2, -0.15) is 13.2 Å². The van der Waals surface area contributed by atoms with E-state index in [4.69, 9.17) is 4.74 Å². The molecule has 112 valence electrons. The van der Waals surface area contributed by atoms with Crippen molar-refractivity contribution in [3.63, 3.8) is 0 Å². The van der Waals surface area contributed by atoms with Crippen molar-refractivity contribution in [2.45, 2.75) is 25.4 Å². The fourth-order valence-electron chi connectivity index (χ4n) is 2.00. The highest BCUT2D eigenvalue weighted by Crippen LogP contribution is 2.39. The van der Waals surface area contributed by atoms with Crippen molar-refractivity contribution in [1.82, 2.24) is 0 Å². The van der Waals surface area contributed by atoms with Crippen LogP contribution in [0.1, 0.15) is 22.3 Å². The zero-order valence-corrected chi connectivity index (χ0v) is 13.2. The van der Waals surface area contributed by atoms with Crippen LogP contribution in [0.25, 0.3) is 0 Å². The normalized spacial score (nSPS) is 11.5. The molecule has 0 fully saturated rings. The van der Waals surface area contributed by atoms with E-state index < -0.39 is 11.7 Å². The van der Waals surface area contributed by atoms with Crippen molar-refractivity contribution in [3.05, 3.63) is 58.7 Å². The van der Waals surface area contributed by atoms with Gasteiger partial charge >= 0.3 is 6.18 Å². The van der Waals surface area contributed by atoms with Gasteiger partial charge in [0.25, 0.3) is 0 Å². The van der Waals surface area contributed by atoms with Crippen molar-refractivity contribution in [2.24, 2.45) is 0 Å². The number of ether oxygens (including phenoxy) is 1. The van der Waals surface area contributed by atoms with Crippen molar-refractivity contribution in [2.75, 3.05) is 0 Å². The molecule has 0 saturated heterocycles. The summed E-state index contributed by atoms with van der Waals surface area (Å²) in [5.41, 5.74) is 1.62. The molecule has 0 aromatic heterocycles. The van der Waals surface area contributed by atoms with E-state index in [0.717, 1.165) is 17.2 Å². The first-order valence-electron chi connectivity index (χ1n) is 6.32. The first-order chi connectivity index (χ1) is 9.81. The molecule has 21 heavy (non-hydrogen) atoms. The molecule has 2 aromatic rings. The molecular weight excluding hydrogens is 345 g/mol. The highest BCUT2D eigenvalue weighted by atomic mass is 79.9. The van der Waals surface area contributed by atoms with Crippen LogP contribution in [0.5, 0.6) is 11.5 Å². The topological polar surface area (TPSA) is 9.23 Å². The molecule has 0 saturated carbocycles. The lowest BCUT2D eigenvalue weighted by atomic mass is 10.1. The highest BCUT2D eigenvalue weighted by molar-refractivity contribution is 9.08. The van der Waals surface area contributed by atoms with Crippen LogP contribution in [0.15, 0.2) is 36.4 Å². The number of hydrogen-bond acceptors (Lipinski definition) is 1. The third kappa shape index (κ3) is 3.79. The average molecular weight is 359 g/mol. The Morgan fingerprint density at radius 2 is 1.67 bits per heavy atom. The summed E-state index contributed by atoms with van der Waals surface area (Å²) in [5.74, 6) is 0.247. The molecule has 0 aliphatic carbocycles. The molecule has 0 spiro atoms. The molecule has 0 N–H and O–H groups in total. The molecular formula is C16H14BrF3O. The van der Waals surface area contributed by atoms with Gasteiger partial charge in [0.05, 0.1) is 5.56 Å². The molecule has 0 unspecified atom stereocenters. The Morgan fingerprint density at radius 3 is 2.24 bits per heavy atom. The van der Waals surface area contributed by atoms with Crippen molar-refractivity contribution in [1.29, 1.82) is 0 Å². The predicted octanol–water partition coefficient (Wildman–Crippen LogP) is 6.01. The highest BCUT2D eigenvalue weighted by Gasteiger charge is 2.34. The van der Waals surface area contributed by atoms with E-state index in [1.54, 1.807) is 12.1 Å². The number of halogens is 4. The second kappa shape index (κ2) is 6.10. The maximum absolute atomic E-state index is 13.1. The molecule has 0 atom stereocenters. The molecule has 2 rings (SSSR count). The molecule has 0 aliphatic heterocycles. The van der Waals surface area contributed by atoms with E-state index >= 15 is 0 Å². The van der Waals surface area contributed by atoms with Crippen LogP contribution in [0, 0.1) is 13.8 Å². The monoisotopic (exact) mass is 358 g/mol. The van der Waals surface area contributed by atoms with Gasteiger partial charge in [-0.3, -0.25) is 0 Å². The molecule has 0 aliphatic rings. The van der Waals surface area contributed by atoms with E-state index in [1.165, 1.54) is 6.07 Å². The molecule has 0 bridgehead atoms. The number of rotatable bonds is 3. The second-order valence-electron chi connectivity index (χ2n) is 4.83. The Morgan fingerprint density at radius 1 is 1.00 bits per heavy atom. The minimum Gasteiger partial charge on any atom is -0.456 e. The largest absolute Gasteiger partial charge is 0.456 e. The predicted molar refractivity (Wildman–Crippen MR) is 80.1 cm³/mol. The van der Waals surface area contributed by atoms with Crippen LogP contribution < -0.4 is 4.74 Å². The quantitative estimate of drug-likeness (QED) is 0.610. The van der Waals surface area contributed by atoms with E-state index in [9.17, 15) is 13.2 Å². The van der Waals surface area contributed by atoms with Crippen molar-refractivity contribution in [3.8, 4) is 11.5 Å². The third-order valence-corrected chi connectivity index (χ3v) is 3.70. The molecule has 1 nitrogen and oxygen atoms in total. The fraction of sp³-hybridized carbons (Fsp3) is 0.250. The van der Waals surface area contributed by atoms with E-state index in [0.29, 0.717) is 16.6 Å². The minimum atomic E-state index is -4.45. The summed E-state index contributed by atoms with van der Waals surface area (Å²) in [7, 11) is 0. The molecule has 0 radical (unpaired) electrons. The van der Waals surface area contributed by atoms with Gasteiger partial charge in [-0.25, -0.2) is 0 Å². The van der Waals surface area contributed by atoms with Crippen molar-refractivity contribution < 1.29 is 17.9 Å². The van der Waals surface area contributed by atoms with Gasteiger partial charge in [0.1, 0.15) is 11.5 Å². The van der Waals surface area contributed by atoms with Crippen LogP contribution in [0.4, 0.5) is 13.2 Å². The van der Waals surface area contributed by atoms with Crippen LogP contribution in [-0.2, 0) is 11.5 Å². The number of hydrogen-bond donors (Lipinski definition) is 0. The molecule has 0 heterocycles. The van der Waals surface area contributed by atoms with Crippen LogP contribution in [0.3, 0.4) is 0 Å². The standard InChI is InChI=1S/C16H14BrF3O/c1-10-3-5-14(11(2)7-10)21-15-6-4-12(9-17)8-13(15)16(18,19)20/h3-8H,9H2,1-2H3. The van der Waals surface area contributed by atoms with Crippen molar-refractivity contribution >= 4 is 15.9 Å². The first-order valence-corrected chi connectivity index (χ1v) is 7.44. The van der Waals surface area contributed by atoms with E-state index in [2.05, 4.69) is 15.9 Å². The summed E-state index contributed by atoms with van der Waals surface area (Å²) >= 11 is 3.16. The Hall–Kier alpha value is -1.49. The van der Waals surface area contributed by atoms with Gasteiger partial charge in [0.2, 0.25) is 0 Å². The maximum Gasteiger partial charge on any atom is 0.419 e. The second-order valence-corrected chi connectivity index (χ2v) is 5.39. The summed E-state index contributed by atoms with van der Waals surface area (Å²) in [4.78, 5) is 0. The Kier molecular flexibility index (Phi) is 4.61. The lowest BCUT2D eigenvalue weighted by Crippen LogP contribution is -2.08. The molecule has 2 aromatic carbocycles. The van der Waals surface area contributed by atoms with Crippen LogP contribution >= 0.6 is 15.9 Å². The molecule has 5 heteroatoms. The number of benzene rings is 2. The van der Waals surface area contributed by atoms with Gasteiger partial charge in [0.15, 0.2) is 0 Å². The lowest BCUT2D eigenvalue weighted by Gasteiger charge is -2.16. The van der Waals surface area contributed by atoms with E-state index in [1.807, 2.05) is 26.0 Å². The number of aryl methyl sites for hydroxylation is 2. The smallest absolute Gasteiger partial charge is 0.419 e. The Balaban J connectivity index is 2.44. The van der Waals surface area contributed by atoms with Crippen LogP contribution in [0.2, 0.25) is 0 Å². The van der Waals surface area contributed by atoms with Gasteiger partial charge in [-0.1, -0.05) is 39.7 Å². The van der Waals surface area contributed by atoms with Crippen LogP contribution in [-0.4, -0.2) is 0 Å². The van der Waals surface area contributed by atoms with Gasteiger partial charge in [-0.05, 0) is 43.2 Å². The number of alkyl halides is 4. The van der Waals surface area contributed by atoms with E-state index in [-0.39, 0.29) is 5.75 Å². The Labute approximate surface area is 129 Å². The zero-order valence-electron chi connectivity index (χ0n) is 11.6. The van der Waals surface area contributed by atoms with Gasteiger partial charge in [-0.15, -0.1) is 0 Å². The zero-order chi connectivity index (χ0) is 15.6. The summed E-state index contributed by atoms with van der Waals surface area (Å²) in [5, 5.41) is 0.361. The minimum absolute atomic E-state index is 0.181. The van der Waals surface area contributed by atoms with Gasteiger partial charge < -0.3 is 4.74 Å². The first kappa shape index (κ1) is 15.9. The average Bonchev–Trinajstić information content (AvgIpc) is 2.41. The summed E-state index contributed by atoms with van der Waals surface area (Å²) in [6.45, 7) is 3.73. The summed E-state index contributed by atoms with van der Waals surface area (Å²) < 4.78 is 44.9. The SMILES string of the molecule is Cc1ccc(Oc2ccc(CBr)cc2C(F)(F)F)c(C)c1. The lowest BCUT2D eigenvalue weighted by molar-refractivity contribution is -0.138. The third-order valence-electron chi connectivity index (χ3n) is 3.05. The fourth-order valence-corrected chi connectivity index (χ4v) is 2.35. The van der Waals surface area contributed by atoms with Gasteiger partial charge in [0, 0.05) is 5.33 Å².